The molecule has 0 spiro atoms. The molecule has 1 aromatic rings. The minimum atomic E-state index is -0.523. The number of likely N-dealkylation sites (N-methyl/N-ethyl adjacent to an activating group) is 1. The van der Waals surface area contributed by atoms with E-state index in [1.807, 2.05) is 24.3 Å². The Balaban J connectivity index is 1.67. The van der Waals surface area contributed by atoms with Crippen molar-refractivity contribution in [2.75, 3.05) is 60.0 Å². The number of benzene rings is 1. The van der Waals surface area contributed by atoms with Crippen molar-refractivity contribution in [1.82, 2.24) is 14.7 Å². The first-order valence-electron chi connectivity index (χ1n) is 11.8. The van der Waals surface area contributed by atoms with E-state index in [0.717, 1.165) is 75.6 Å². The van der Waals surface area contributed by atoms with Gasteiger partial charge >= 0.3 is 0 Å². The SMILES string of the molecule is C=CCC1(CC=C)CCCN1Cc1ccc(OC)cc1OCC(O)CN1CCN(C)CC1. The molecule has 1 unspecified atom stereocenters. The summed E-state index contributed by atoms with van der Waals surface area (Å²) in [6.45, 7) is 14.8. The van der Waals surface area contributed by atoms with Crippen molar-refractivity contribution < 1.29 is 14.6 Å². The van der Waals surface area contributed by atoms with Crippen LogP contribution in [-0.4, -0.2) is 91.5 Å². The van der Waals surface area contributed by atoms with E-state index >= 15 is 0 Å². The van der Waals surface area contributed by atoms with Crippen LogP contribution in [0.25, 0.3) is 0 Å². The number of aliphatic hydroxyl groups excluding tert-OH is 1. The number of methoxy groups -OCH3 is 1. The van der Waals surface area contributed by atoms with Crippen molar-refractivity contribution in [3.63, 3.8) is 0 Å². The van der Waals surface area contributed by atoms with Gasteiger partial charge in [-0.2, -0.15) is 0 Å². The summed E-state index contributed by atoms with van der Waals surface area (Å²) in [5, 5.41) is 10.6. The second-order valence-corrected chi connectivity index (χ2v) is 9.28. The summed E-state index contributed by atoms with van der Waals surface area (Å²) in [6.07, 6.45) is 7.78. The molecule has 2 aliphatic rings. The van der Waals surface area contributed by atoms with E-state index in [0.29, 0.717) is 6.54 Å². The zero-order valence-corrected chi connectivity index (χ0v) is 20.0. The Morgan fingerprint density at radius 2 is 1.84 bits per heavy atom. The molecule has 178 valence electrons. The fourth-order valence-corrected chi connectivity index (χ4v) is 5.02. The molecule has 0 saturated carbocycles. The van der Waals surface area contributed by atoms with Crippen molar-refractivity contribution >= 4 is 0 Å². The monoisotopic (exact) mass is 443 g/mol. The number of likely N-dealkylation sites (tertiary alicyclic amines) is 1. The van der Waals surface area contributed by atoms with Crippen LogP contribution in [0.1, 0.15) is 31.2 Å². The van der Waals surface area contributed by atoms with Crippen LogP contribution in [0, 0.1) is 0 Å². The van der Waals surface area contributed by atoms with E-state index in [1.165, 1.54) is 6.42 Å². The van der Waals surface area contributed by atoms with Crippen LogP contribution in [0.4, 0.5) is 0 Å². The van der Waals surface area contributed by atoms with Crippen molar-refractivity contribution in [3.8, 4) is 11.5 Å². The lowest BCUT2D eigenvalue weighted by molar-refractivity contribution is 0.0496. The molecule has 2 heterocycles. The Morgan fingerprint density at radius 1 is 1.12 bits per heavy atom. The summed E-state index contributed by atoms with van der Waals surface area (Å²) in [6, 6.07) is 6.02. The number of rotatable bonds is 12. The lowest BCUT2D eigenvalue weighted by Gasteiger charge is -2.38. The molecule has 6 heteroatoms. The normalized spacial score (nSPS) is 20.7. The molecule has 2 aliphatic heterocycles. The van der Waals surface area contributed by atoms with E-state index < -0.39 is 6.10 Å². The van der Waals surface area contributed by atoms with Crippen LogP contribution in [0.2, 0.25) is 0 Å². The molecular formula is C26H41N3O3. The van der Waals surface area contributed by atoms with Gasteiger partial charge in [-0.05, 0) is 45.3 Å². The highest BCUT2D eigenvalue weighted by atomic mass is 16.5. The third kappa shape index (κ3) is 6.35. The largest absolute Gasteiger partial charge is 0.497 e. The maximum atomic E-state index is 10.6. The number of β-amino-alcohol motifs (C(OH)–C–C–N with tert-alkyl or cyclic N) is 1. The van der Waals surface area contributed by atoms with Gasteiger partial charge in [-0.25, -0.2) is 0 Å². The topological polar surface area (TPSA) is 48.4 Å². The maximum Gasteiger partial charge on any atom is 0.127 e. The number of nitrogens with zero attached hydrogens (tertiary/aromatic N) is 3. The van der Waals surface area contributed by atoms with Crippen LogP contribution >= 0.6 is 0 Å². The Bertz CT molecular complexity index is 736. The number of hydrogen-bond donors (Lipinski definition) is 1. The molecule has 0 aromatic heterocycles. The van der Waals surface area contributed by atoms with Gasteiger partial charge in [-0.3, -0.25) is 9.80 Å². The number of ether oxygens (including phenoxy) is 2. The van der Waals surface area contributed by atoms with Crippen LogP contribution in [-0.2, 0) is 6.54 Å². The molecule has 0 bridgehead atoms. The van der Waals surface area contributed by atoms with Gasteiger partial charge in [-0.15, -0.1) is 13.2 Å². The predicted molar refractivity (Wildman–Crippen MR) is 130 cm³/mol. The van der Waals surface area contributed by atoms with Crippen molar-refractivity contribution in [2.45, 2.75) is 43.9 Å². The van der Waals surface area contributed by atoms with Crippen molar-refractivity contribution in [1.29, 1.82) is 0 Å². The fraction of sp³-hybridized carbons (Fsp3) is 0.615. The molecular weight excluding hydrogens is 402 g/mol. The molecule has 0 aliphatic carbocycles. The van der Waals surface area contributed by atoms with Crippen LogP contribution < -0.4 is 9.47 Å². The highest BCUT2D eigenvalue weighted by Gasteiger charge is 2.38. The van der Waals surface area contributed by atoms with Crippen molar-refractivity contribution in [3.05, 3.63) is 49.1 Å². The smallest absolute Gasteiger partial charge is 0.127 e. The molecule has 1 aromatic carbocycles. The first-order valence-corrected chi connectivity index (χ1v) is 11.8. The summed E-state index contributed by atoms with van der Waals surface area (Å²) in [7, 11) is 3.81. The summed E-state index contributed by atoms with van der Waals surface area (Å²) in [5.41, 5.74) is 1.21. The summed E-state index contributed by atoms with van der Waals surface area (Å²) >= 11 is 0. The molecule has 2 fully saturated rings. The lowest BCUT2D eigenvalue weighted by Crippen LogP contribution is -2.47. The summed E-state index contributed by atoms with van der Waals surface area (Å²) in [4.78, 5) is 7.17. The predicted octanol–water partition coefficient (Wildman–Crippen LogP) is 3.17. The van der Waals surface area contributed by atoms with Gasteiger partial charge in [0.15, 0.2) is 0 Å². The number of aliphatic hydroxyl groups is 1. The molecule has 1 atom stereocenters. The first kappa shape index (κ1) is 24.8. The lowest BCUT2D eigenvalue weighted by atomic mass is 9.88. The zero-order chi connectivity index (χ0) is 23.0. The minimum absolute atomic E-state index is 0.0850. The molecule has 2 saturated heterocycles. The molecule has 0 radical (unpaired) electrons. The molecule has 3 rings (SSSR count). The summed E-state index contributed by atoms with van der Waals surface area (Å²) in [5.74, 6) is 1.56. The molecule has 1 N–H and O–H groups in total. The van der Waals surface area contributed by atoms with Crippen molar-refractivity contribution in [2.24, 2.45) is 0 Å². The van der Waals surface area contributed by atoms with E-state index in [1.54, 1.807) is 7.11 Å². The fourth-order valence-electron chi connectivity index (χ4n) is 5.02. The Morgan fingerprint density at radius 3 is 2.50 bits per heavy atom. The van der Waals surface area contributed by atoms with Gasteiger partial charge in [0.2, 0.25) is 0 Å². The van der Waals surface area contributed by atoms with E-state index in [9.17, 15) is 5.11 Å². The molecule has 6 nitrogen and oxygen atoms in total. The van der Waals surface area contributed by atoms with E-state index in [-0.39, 0.29) is 12.1 Å². The second kappa shape index (κ2) is 11.8. The van der Waals surface area contributed by atoms with E-state index in [2.05, 4.69) is 41.0 Å². The van der Waals surface area contributed by atoms with Gasteiger partial charge in [0.05, 0.1) is 7.11 Å². The third-order valence-electron chi connectivity index (χ3n) is 6.92. The number of piperazine rings is 1. The quantitative estimate of drug-likeness (QED) is 0.501. The standard InChI is InChI=1S/C26H41N3O3/c1-5-10-26(11-6-2)12-7-13-29(26)19-22-8-9-24(31-4)18-25(22)32-21-23(30)20-28-16-14-27(3)15-17-28/h5-6,8-9,18,23,30H,1-2,7,10-17,19-21H2,3-4H3. The Hall–Kier alpha value is -1.86. The van der Waals surface area contributed by atoms with Gasteiger partial charge in [0.25, 0.3) is 0 Å². The van der Waals surface area contributed by atoms with Crippen LogP contribution in [0.15, 0.2) is 43.5 Å². The summed E-state index contributed by atoms with van der Waals surface area (Å²) < 4.78 is 11.6. The van der Waals surface area contributed by atoms with Gasteiger partial charge in [0.1, 0.15) is 24.2 Å². The Labute approximate surface area is 194 Å². The van der Waals surface area contributed by atoms with Gasteiger partial charge in [-0.1, -0.05) is 18.2 Å². The average molecular weight is 444 g/mol. The van der Waals surface area contributed by atoms with Crippen LogP contribution in [0.5, 0.6) is 11.5 Å². The van der Waals surface area contributed by atoms with Crippen LogP contribution in [0.3, 0.4) is 0 Å². The molecule has 0 amide bonds. The second-order valence-electron chi connectivity index (χ2n) is 9.28. The highest BCUT2D eigenvalue weighted by molar-refractivity contribution is 5.41. The minimum Gasteiger partial charge on any atom is -0.497 e. The third-order valence-corrected chi connectivity index (χ3v) is 6.92. The highest BCUT2D eigenvalue weighted by Crippen LogP contribution is 2.39. The van der Waals surface area contributed by atoms with Gasteiger partial charge < -0.3 is 19.5 Å². The van der Waals surface area contributed by atoms with Gasteiger partial charge in [0, 0.05) is 56.4 Å². The van der Waals surface area contributed by atoms with E-state index in [4.69, 9.17) is 9.47 Å². The number of hydrogen-bond acceptors (Lipinski definition) is 6. The average Bonchev–Trinajstić information content (AvgIpc) is 3.17. The Kier molecular flexibility index (Phi) is 9.17. The molecule has 32 heavy (non-hydrogen) atoms. The maximum absolute atomic E-state index is 10.6. The zero-order valence-electron chi connectivity index (χ0n) is 20.0. The first-order chi connectivity index (χ1) is 15.5.